The van der Waals surface area contributed by atoms with Crippen LogP contribution in [0.3, 0.4) is 0 Å². The number of para-hydroxylation sites is 1. The Labute approximate surface area is 217 Å². The Morgan fingerprint density at radius 2 is 1.81 bits per heavy atom. The summed E-state index contributed by atoms with van der Waals surface area (Å²) in [6.45, 7) is 1.46. The maximum atomic E-state index is 12.8. The summed E-state index contributed by atoms with van der Waals surface area (Å²) in [6, 6.07) is 19.1. The number of amides is 1. The molecule has 0 spiro atoms. The van der Waals surface area contributed by atoms with Crippen LogP contribution >= 0.6 is 22.9 Å². The zero-order chi connectivity index (χ0) is 26.0. The number of thiophene rings is 1. The van der Waals surface area contributed by atoms with E-state index in [1.165, 1.54) is 18.3 Å². The Balaban J connectivity index is 1.74. The number of carbonyl (C=O) groups excluding carboxylic acids is 1. The van der Waals surface area contributed by atoms with Crippen molar-refractivity contribution in [3.8, 4) is 26.7 Å². The van der Waals surface area contributed by atoms with Gasteiger partial charge >= 0.3 is 5.97 Å². The van der Waals surface area contributed by atoms with Gasteiger partial charge in [0, 0.05) is 17.7 Å². The number of hydrogen-bond donors (Lipinski definition) is 2. The molecule has 2 N–H and O–H groups in total. The van der Waals surface area contributed by atoms with E-state index in [1.807, 2.05) is 18.2 Å². The molecule has 0 fully saturated rings. The molecular formula is C25H22ClN3O5S2. The number of rotatable bonds is 8. The molecule has 8 nitrogen and oxygen atoms in total. The molecule has 0 saturated heterocycles. The summed E-state index contributed by atoms with van der Waals surface area (Å²) in [5, 5.41) is 16.6. The number of aromatic nitrogens is 2. The number of aliphatic carboxylic acids is 1. The predicted molar refractivity (Wildman–Crippen MR) is 140 cm³/mol. The molecule has 0 radical (unpaired) electrons. The standard InChI is InChI=1S/C25H22ClN3O5S2/c1-15(25(31)32)14-27-24(30)19-13-21(29(28-19)20-9-4-3-8-18(20)26)23-11-10-22(35-23)16-6-5-7-17(12-16)36(2,33)34/h3-13,15H,14H2,1-2H3,(H,27,30)(H,31,32). The molecule has 1 unspecified atom stereocenters. The van der Waals surface area contributed by atoms with Gasteiger partial charge in [-0.3, -0.25) is 9.59 Å². The van der Waals surface area contributed by atoms with Crippen molar-refractivity contribution in [1.82, 2.24) is 15.1 Å². The van der Waals surface area contributed by atoms with Gasteiger partial charge in [0.05, 0.1) is 32.1 Å². The topological polar surface area (TPSA) is 118 Å². The Bertz CT molecular complexity index is 1560. The summed E-state index contributed by atoms with van der Waals surface area (Å²) in [4.78, 5) is 25.7. The minimum atomic E-state index is -3.35. The number of nitrogens with one attached hydrogen (secondary N) is 1. The third-order valence-corrected chi connectivity index (χ3v) is 8.00. The molecule has 2 heterocycles. The first-order valence-electron chi connectivity index (χ1n) is 10.8. The summed E-state index contributed by atoms with van der Waals surface area (Å²) in [7, 11) is -3.35. The fraction of sp³-hybridized carbons (Fsp3) is 0.160. The molecule has 36 heavy (non-hydrogen) atoms. The second-order valence-corrected chi connectivity index (χ2v) is 11.7. The predicted octanol–water partition coefficient (Wildman–Crippen LogP) is 4.78. The fourth-order valence-electron chi connectivity index (χ4n) is 3.41. The number of sulfone groups is 1. The normalized spacial score (nSPS) is 12.3. The van der Waals surface area contributed by atoms with Gasteiger partial charge in [0.2, 0.25) is 0 Å². The number of carboxylic acid groups (broad SMARTS) is 1. The first-order chi connectivity index (χ1) is 17.0. The van der Waals surface area contributed by atoms with E-state index in [1.54, 1.807) is 53.2 Å². The molecule has 2 aromatic carbocycles. The molecule has 0 aliphatic rings. The average Bonchev–Trinajstić information content (AvgIpc) is 3.50. The van der Waals surface area contributed by atoms with Crippen LogP contribution in [0.25, 0.3) is 26.7 Å². The highest BCUT2D eigenvalue weighted by Crippen LogP contribution is 2.37. The van der Waals surface area contributed by atoms with Crippen LogP contribution in [0, 0.1) is 5.92 Å². The van der Waals surface area contributed by atoms with E-state index in [2.05, 4.69) is 10.4 Å². The Morgan fingerprint density at radius 3 is 2.50 bits per heavy atom. The van der Waals surface area contributed by atoms with Crippen molar-refractivity contribution in [2.75, 3.05) is 12.8 Å². The fourth-order valence-corrected chi connectivity index (χ4v) is 5.30. The highest BCUT2D eigenvalue weighted by molar-refractivity contribution is 7.90. The molecule has 2 aromatic heterocycles. The largest absolute Gasteiger partial charge is 0.481 e. The molecule has 4 rings (SSSR count). The SMILES string of the molecule is CC(CNC(=O)c1cc(-c2ccc(-c3cccc(S(C)(=O)=O)c3)s2)n(-c2ccccc2Cl)n1)C(=O)O. The van der Waals surface area contributed by atoms with E-state index in [-0.39, 0.29) is 17.1 Å². The van der Waals surface area contributed by atoms with Crippen LogP contribution in [0.15, 0.2) is 71.6 Å². The Hall–Kier alpha value is -3.47. The van der Waals surface area contributed by atoms with Crippen LogP contribution in [-0.4, -0.2) is 48.0 Å². The first-order valence-corrected chi connectivity index (χ1v) is 13.9. The van der Waals surface area contributed by atoms with Crippen LogP contribution in [0.5, 0.6) is 0 Å². The Kier molecular flexibility index (Phi) is 7.30. The second-order valence-electron chi connectivity index (χ2n) is 8.19. The highest BCUT2D eigenvalue weighted by Gasteiger charge is 2.21. The van der Waals surface area contributed by atoms with Gasteiger partial charge in [0.15, 0.2) is 15.5 Å². The van der Waals surface area contributed by atoms with Crippen LogP contribution in [0.2, 0.25) is 5.02 Å². The summed E-state index contributed by atoms with van der Waals surface area (Å²) in [6.07, 6.45) is 1.16. The van der Waals surface area contributed by atoms with Crippen LogP contribution in [0.4, 0.5) is 0 Å². The molecule has 4 aromatic rings. The zero-order valence-electron chi connectivity index (χ0n) is 19.3. The third-order valence-electron chi connectivity index (χ3n) is 5.42. The minimum Gasteiger partial charge on any atom is -0.481 e. The number of carboxylic acids is 1. The van der Waals surface area contributed by atoms with Gasteiger partial charge in [-0.15, -0.1) is 11.3 Å². The number of benzene rings is 2. The average molecular weight is 544 g/mol. The molecule has 1 atom stereocenters. The van der Waals surface area contributed by atoms with E-state index in [0.717, 1.165) is 21.6 Å². The molecule has 0 bridgehead atoms. The molecule has 0 aliphatic heterocycles. The van der Waals surface area contributed by atoms with Gasteiger partial charge in [-0.05, 0) is 48.0 Å². The van der Waals surface area contributed by atoms with Gasteiger partial charge in [-0.25, -0.2) is 13.1 Å². The third kappa shape index (κ3) is 5.51. The molecule has 186 valence electrons. The molecular weight excluding hydrogens is 522 g/mol. The lowest BCUT2D eigenvalue weighted by Gasteiger charge is -2.08. The zero-order valence-corrected chi connectivity index (χ0v) is 21.7. The smallest absolute Gasteiger partial charge is 0.308 e. The quantitative estimate of drug-likeness (QED) is 0.330. The van der Waals surface area contributed by atoms with Gasteiger partial charge in [0.1, 0.15) is 0 Å². The maximum absolute atomic E-state index is 12.8. The summed E-state index contributed by atoms with van der Waals surface area (Å²) in [5.74, 6) is -2.27. The van der Waals surface area contributed by atoms with E-state index in [9.17, 15) is 18.0 Å². The molecule has 1 amide bonds. The van der Waals surface area contributed by atoms with Crippen molar-refractivity contribution in [2.24, 2.45) is 5.92 Å². The van der Waals surface area contributed by atoms with Gasteiger partial charge < -0.3 is 10.4 Å². The minimum absolute atomic E-state index is 0.0394. The monoisotopic (exact) mass is 543 g/mol. The summed E-state index contributed by atoms with van der Waals surface area (Å²) < 4.78 is 25.5. The van der Waals surface area contributed by atoms with Crippen molar-refractivity contribution < 1.29 is 23.1 Å². The van der Waals surface area contributed by atoms with Crippen LogP contribution in [0.1, 0.15) is 17.4 Å². The number of nitrogens with zero attached hydrogens (tertiary/aromatic N) is 2. The van der Waals surface area contributed by atoms with Crippen molar-refractivity contribution in [3.05, 3.63) is 77.4 Å². The first kappa shape index (κ1) is 25.6. The van der Waals surface area contributed by atoms with E-state index >= 15 is 0 Å². The number of carbonyl (C=O) groups is 2. The van der Waals surface area contributed by atoms with E-state index in [4.69, 9.17) is 16.7 Å². The Morgan fingerprint density at radius 1 is 1.08 bits per heavy atom. The van der Waals surface area contributed by atoms with E-state index < -0.39 is 27.6 Å². The lowest BCUT2D eigenvalue weighted by molar-refractivity contribution is -0.140. The maximum Gasteiger partial charge on any atom is 0.308 e. The molecule has 0 saturated carbocycles. The van der Waals surface area contributed by atoms with Gasteiger partial charge in [0.25, 0.3) is 5.91 Å². The number of hydrogen-bond acceptors (Lipinski definition) is 6. The van der Waals surface area contributed by atoms with Crippen molar-refractivity contribution in [1.29, 1.82) is 0 Å². The summed E-state index contributed by atoms with van der Waals surface area (Å²) >= 11 is 7.84. The summed E-state index contributed by atoms with van der Waals surface area (Å²) in [5.41, 5.74) is 2.03. The van der Waals surface area contributed by atoms with Crippen LogP contribution in [-0.2, 0) is 14.6 Å². The number of halogens is 1. The highest BCUT2D eigenvalue weighted by atomic mass is 35.5. The van der Waals surface area contributed by atoms with E-state index in [0.29, 0.717) is 16.4 Å². The molecule has 11 heteroatoms. The van der Waals surface area contributed by atoms with Gasteiger partial charge in [-0.1, -0.05) is 42.8 Å². The molecule has 0 aliphatic carbocycles. The lowest BCUT2D eigenvalue weighted by atomic mass is 10.2. The second kappa shape index (κ2) is 10.3. The lowest BCUT2D eigenvalue weighted by Crippen LogP contribution is -2.31. The van der Waals surface area contributed by atoms with Crippen molar-refractivity contribution in [2.45, 2.75) is 11.8 Å². The van der Waals surface area contributed by atoms with Crippen molar-refractivity contribution >= 4 is 44.7 Å². The van der Waals surface area contributed by atoms with Crippen molar-refractivity contribution in [3.63, 3.8) is 0 Å². The van der Waals surface area contributed by atoms with Gasteiger partial charge in [-0.2, -0.15) is 5.10 Å². The van der Waals surface area contributed by atoms with Crippen LogP contribution < -0.4 is 5.32 Å².